The van der Waals surface area contributed by atoms with E-state index in [9.17, 15) is 10.1 Å². The van der Waals surface area contributed by atoms with Crippen molar-refractivity contribution >= 4 is 5.69 Å². The number of nitrogens with one attached hydrogen (secondary N) is 1. The summed E-state index contributed by atoms with van der Waals surface area (Å²) in [7, 11) is 0. The van der Waals surface area contributed by atoms with Crippen molar-refractivity contribution in [1.29, 1.82) is 0 Å². The van der Waals surface area contributed by atoms with Gasteiger partial charge in [-0.25, -0.2) is 0 Å². The molecule has 2 rings (SSSR count). The fourth-order valence-electron chi connectivity index (χ4n) is 1.87. The van der Waals surface area contributed by atoms with Gasteiger partial charge in [0, 0.05) is 18.8 Å². The van der Waals surface area contributed by atoms with E-state index in [1.54, 1.807) is 24.5 Å². The molecule has 0 bridgehead atoms. The van der Waals surface area contributed by atoms with E-state index in [4.69, 9.17) is 4.74 Å². The van der Waals surface area contributed by atoms with Crippen LogP contribution in [0.1, 0.15) is 18.1 Å². The van der Waals surface area contributed by atoms with E-state index in [0.717, 1.165) is 17.7 Å². The highest BCUT2D eigenvalue weighted by Gasteiger charge is 2.15. The van der Waals surface area contributed by atoms with Crippen molar-refractivity contribution in [3.8, 4) is 11.5 Å². The quantitative estimate of drug-likeness (QED) is 0.652. The molecule has 6 heteroatoms. The van der Waals surface area contributed by atoms with Crippen LogP contribution in [0.4, 0.5) is 5.69 Å². The molecule has 110 valence electrons. The van der Waals surface area contributed by atoms with E-state index in [2.05, 4.69) is 10.3 Å². The average Bonchev–Trinajstić information content (AvgIpc) is 2.45. The molecule has 1 aromatic heterocycles. The van der Waals surface area contributed by atoms with Gasteiger partial charge < -0.3 is 10.1 Å². The summed E-state index contributed by atoms with van der Waals surface area (Å²) in [4.78, 5) is 14.7. The molecular formula is C15H17N3O3. The van der Waals surface area contributed by atoms with Crippen LogP contribution in [0.3, 0.4) is 0 Å². The van der Waals surface area contributed by atoms with Crippen LogP contribution < -0.4 is 10.1 Å². The number of hydrogen-bond acceptors (Lipinski definition) is 5. The molecule has 1 heterocycles. The molecule has 0 aliphatic carbocycles. The van der Waals surface area contributed by atoms with Crippen LogP contribution in [0.5, 0.6) is 11.5 Å². The summed E-state index contributed by atoms with van der Waals surface area (Å²) in [6.45, 7) is 5.41. The summed E-state index contributed by atoms with van der Waals surface area (Å²) in [6, 6.07) is 6.60. The molecule has 6 nitrogen and oxygen atoms in total. The second-order valence-electron chi connectivity index (χ2n) is 4.64. The number of nitrogens with zero attached hydrogens (tertiary/aromatic N) is 2. The third kappa shape index (κ3) is 4.00. The number of pyridine rings is 1. The second kappa shape index (κ2) is 6.81. The fourth-order valence-corrected chi connectivity index (χ4v) is 1.87. The summed E-state index contributed by atoms with van der Waals surface area (Å²) in [5.74, 6) is 0.710. The van der Waals surface area contributed by atoms with Crippen molar-refractivity contribution in [3.63, 3.8) is 0 Å². The Morgan fingerprint density at radius 3 is 2.86 bits per heavy atom. The van der Waals surface area contributed by atoms with Gasteiger partial charge in [-0.15, -0.1) is 0 Å². The molecule has 0 atom stereocenters. The van der Waals surface area contributed by atoms with Gasteiger partial charge in [0.15, 0.2) is 0 Å². The highest BCUT2D eigenvalue weighted by atomic mass is 16.6. The normalized spacial score (nSPS) is 10.4. The van der Waals surface area contributed by atoms with E-state index < -0.39 is 4.92 Å². The van der Waals surface area contributed by atoms with Gasteiger partial charge in [0.1, 0.15) is 5.75 Å². The molecule has 0 saturated carbocycles. The number of aryl methyl sites for hydroxylation is 1. The lowest BCUT2D eigenvalue weighted by Crippen LogP contribution is -2.11. The van der Waals surface area contributed by atoms with Crippen molar-refractivity contribution in [3.05, 3.63) is 57.9 Å². The maximum absolute atomic E-state index is 11.0. The van der Waals surface area contributed by atoms with Crippen molar-refractivity contribution in [1.82, 2.24) is 10.3 Å². The van der Waals surface area contributed by atoms with Gasteiger partial charge in [0.25, 0.3) is 0 Å². The molecule has 0 fully saturated rings. The maximum atomic E-state index is 11.0. The van der Waals surface area contributed by atoms with Crippen LogP contribution in [-0.4, -0.2) is 16.5 Å². The van der Waals surface area contributed by atoms with Gasteiger partial charge >= 0.3 is 5.69 Å². The van der Waals surface area contributed by atoms with Crippen LogP contribution in [0.2, 0.25) is 0 Å². The van der Waals surface area contributed by atoms with Gasteiger partial charge in [-0.05, 0) is 36.7 Å². The van der Waals surface area contributed by atoms with Crippen LogP contribution in [0, 0.1) is 17.0 Å². The minimum atomic E-state index is -0.454. The zero-order chi connectivity index (χ0) is 15.2. The number of hydrogen-bond donors (Lipinski definition) is 1. The second-order valence-corrected chi connectivity index (χ2v) is 4.64. The molecule has 1 aromatic carbocycles. The molecule has 0 spiro atoms. The van der Waals surface area contributed by atoms with Gasteiger partial charge in [0.2, 0.25) is 5.75 Å². The first-order valence-electron chi connectivity index (χ1n) is 6.67. The Bertz CT molecular complexity index is 644. The average molecular weight is 287 g/mol. The third-order valence-electron chi connectivity index (χ3n) is 2.89. The molecule has 21 heavy (non-hydrogen) atoms. The molecule has 0 radical (unpaired) electrons. The first kappa shape index (κ1) is 14.9. The predicted molar refractivity (Wildman–Crippen MR) is 79.5 cm³/mol. The lowest BCUT2D eigenvalue weighted by atomic mass is 10.2. The van der Waals surface area contributed by atoms with Gasteiger partial charge in [-0.3, -0.25) is 15.1 Å². The van der Waals surface area contributed by atoms with Crippen molar-refractivity contribution in [2.24, 2.45) is 0 Å². The highest BCUT2D eigenvalue weighted by Crippen LogP contribution is 2.32. The lowest BCUT2D eigenvalue weighted by Gasteiger charge is -2.08. The van der Waals surface area contributed by atoms with E-state index in [1.165, 1.54) is 6.07 Å². The van der Waals surface area contributed by atoms with E-state index in [0.29, 0.717) is 12.3 Å². The Morgan fingerprint density at radius 1 is 1.33 bits per heavy atom. The Labute approximate surface area is 122 Å². The van der Waals surface area contributed by atoms with E-state index >= 15 is 0 Å². The fraction of sp³-hybridized carbons (Fsp3) is 0.267. The molecule has 0 aliphatic heterocycles. The Kier molecular flexibility index (Phi) is 4.84. The molecule has 0 aliphatic rings. The number of ether oxygens (including phenoxy) is 1. The van der Waals surface area contributed by atoms with Crippen LogP contribution in [0.25, 0.3) is 0 Å². The Morgan fingerprint density at radius 2 is 2.14 bits per heavy atom. The first-order chi connectivity index (χ1) is 10.1. The summed E-state index contributed by atoms with van der Waals surface area (Å²) in [6.07, 6.45) is 3.28. The minimum Gasteiger partial charge on any atom is -0.448 e. The van der Waals surface area contributed by atoms with E-state index in [-0.39, 0.29) is 11.4 Å². The Balaban J connectivity index is 2.25. The summed E-state index contributed by atoms with van der Waals surface area (Å²) >= 11 is 0. The Hall–Kier alpha value is -2.47. The van der Waals surface area contributed by atoms with E-state index in [1.807, 2.05) is 19.9 Å². The van der Waals surface area contributed by atoms with Gasteiger partial charge in [-0.2, -0.15) is 0 Å². The zero-order valence-electron chi connectivity index (χ0n) is 12.0. The van der Waals surface area contributed by atoms with Crippen LogP contribution >= 0.6 is 0 Å². The number of rotatable bonds is 6. The monoisotopic (exact) mass is 287 g/mol. The number of nitro benzene ring substituents is 1. The number of nitro groups is 1. The standard InChI is InChI=1S/C15H17N3O3/c1-3-16-8-12-7-13(10-17-9-12)21-15-6-11(2)4-5-14(15)18(19)20/h4-7,9-10,16H,3,8H2,1-2H3. The summed E-state index contributed by atoms with van der Waals surface area (Å²) in [5.41, 5.74) is 1.80. The summed E-state index contributed by atoms with van der Waals surface area (Å²) < 4.78 is 5.64. The molecule has 0 saturated heterocycles. The molecule has 0 amide bonds. The third-order valence-corrected chi connectivity index (χ3v) is 2.89. The van der Waals surface area contributed by atoms with Gasteiger partial charge in [-0.1, -0.05) is 13.0 Å². The number of aromatic nitrogens is 1. The predicted octanol–water partition coefficient (Wildman–Crippen LogP) is 3.20. The molecular weight excluding hydrogens is 270 g/mol. The molecule has 0 unspecified atom stereocenters. The summed E-state index contributed by atoms with van der Waals surface area (Å²) in [5, 5.41) is 14.2. The van der Waals surface area contributed by atoms with Crippen molar-refractivity contribution < 1.29 is 9.66 Å². The van der Waals surface area contributed by atoms with Crippen molar-refractivity contribution in [2.75, 3.05) is 6.54 Å². The maximum Gasteiger partial charge on any atom is 0.311 e. The lowest BCUT2D eigenvalue weighted by molar-refractivity contribution is -0.385. The number of benzene rings is 1. The minimum absolute atomic E-state index is 0.0577. The highest BCUT2D eigenvalue weighted by molar-refractivity contribution is 5.50. The van der Waals surface area contributed by atoms with Crippen LogP contribution in [-0.2, 0) is 6.54 Å². The zero-order valence-corrected chi connectivity index (χ0v) is 12.0. The van der Waals surface area contributed by atoms with Crippen molar-refractivity contribution in [2.45, 2.75) is 20.4 Å². The van der Waals surface area contributed by atoms with Crippen LogP contribution in [0.15, 0.2) is 36.7 Å². The van der Waals surface area contributed by atoms with Gasteiger partial charge in [0.05, 0.1) is 11.1 Å². The molecule has 2 aromatic rings. The SMILES string of the molecule is CCNCc1cncc(Oc2cc(C)ccc2[N+](=O)[O-])c1. The molecule has 1 N–H and O–H groups in total. The first-order valence-corrected chi connectivity index (χ1v) is 6.67. The largest absolute Gasteiger partial charge is 0.448 e. The smallest absolute Gasteiger partial charge is 0.311 e. The topological polar surface area (TPSA) is 77.3 Å².